The van der Waals surface area contributed by atoms with Crippen LogP contribution in [0, 0.1) is 22.7 Å². The first-order valence-corrected chi connectivity index (χ1v) is 11.0. The van der Waals surface area contributed by atoms with E-state index in [-0.39, 0.29) is 30.2 Å². The number of anilines is 1. The minimum Gasteiger partial charge on any atom is -0.378 e. The fourth-order valence-corrected chi connectivity index (χ4v) is 4.55. The van der Waals surface area contributed by atoms with Gasteiger partial charge in [-0.15, -0.1) is 0 Å². The number of ether oxygens (including phenoxy) is 1. The third-order valence-electron chi connectivity index (χ3n) is 6.05. The molecule has 2 atom stereocenters. The standard InChI is InChI=1S/C25H21N7O2/c1-15-9-17(6-8-34-15)32-23(11-24(33)31-20-3-2-7-28-21(20)13-27)30-22-14-29-19-5-4-16(12-26)10-18(19)25(22)32/h2-5,7,10,14-15,17H,6,8-9,11H2,1H3,(H,31,33)/t15-,17-/m1/s1. The molecular formula is C25H21N7O2. The second kappa shape index (κ2) is 8.89. The Kier molecular flexibility index (Phi) is 5.62. The number of nitriles is 2. The van der Waals surface area contributed by atoms with Crippen molar-refractivity contribution in [2.75, 3.05) is 11.9 Å². The van der Waals surface area contributed by atoms with Crippen LogP contribution in [-0.4, -0.2) is 38.1 Å². The summed E-state index contributed by atoms with van der Waals surface area (Å²) in [6, 6.07) is 13.0. The Labute approximate surface area is 195 Å². The van der Waals surface area contributed by atoms with Crippen LogP contribution in [0.4, 0.5) is 5.69 Å². The zero-order valence-electron chi connectivity index (χ0n) is 18.5. The van der Waals surface area contributed by atoms with Gasteiger partial charge < -0.3 is 14.6 Å². The normalized spacial score (nSPS) is 17.9. The first kappa shape index (κ1) is 21.5. The maximum absolute atomic E-state index is 13.0. The molecule has 1 N–H and O–H groups in total. The predicted octanol–water partition coefficient (Wildman–Crippen LogP) is 3.64. The zero-order chi connectivity index (χ0) is 23.7. The van der Waals surface area contributed by atoms with Crippen LogP contribution in [0.1, 0.15) is 42.9 Å². The molecule has 1 aliphatic heterocycles. The lowest BCUT2D eigenvalue weighted by atomic mass is 10.0. The number of benzene rings is 1. The summed E-state index contributed by atoms with van der Waals surface area (Å²) in [6.07, 6.45) is 4.87. The Balaban J connectivity index is 1.61. The molecule has 9 heteroatoms. The first-order chi connectivity index (χ1) is 16.6. The van der Waals surface area contributed by atoms with E-state index in [9.17, 15) is 15.3 Å². The lowest BCUT2D eigenvalue weighted by Crippen LogP contribution is -2.27. The maximum atomic E-state index is 13.0. The molecular weight excluding hydrogens is 430 g/mol. The SMILES string of the molecule is C[C@@H]1C[C@H](n2c(CC(=O)Nc3cccnc3C#N)nc3cnc4ccc(C#N)cc4c32)CCO1. The van der Waals surface area contributed by atoms with Crippen LogP contribution in [0.15, 0.2) is 42.7 Å². The van der Waals surface area contributed by atoms with Gasteiger partial charge in [0, 0.05) is 24.2 Å². The molecule has 0 aliphatic carbocycles. The molecule has 5 rings (SSSR count). The summed E-state index contributed by atoms with van der Waals surface area (Å²) in [5, 5.41) is 22.3. The summed E-state index contributed by atoms with van der Waals surface area (Å²) in [4.78, 5) is 26.3. The molecule has 4 heterocycles. The molecule has 1 fully saturated rings. The highest BCUT2D eigenvalue weighted by molar-refractivity contribution is 6.03. The number of fused-ring (bicyclic) bond motifs is 3. The molecule has 34 heavy (non-hydrogen) atoms. The Hall–Kier alpha value is -4.34. The second-order valence-corrected chi connectivity index (χ2v) is 8.33. The highest BCUT2D eigenvalue weighted by Crippen LogP contribution is 2.34. The summed E-state index contributed by atoms with van der Waals surface area (Å²) in [5.41, 5.74) is 3.35. The number of carbonyl (C=O) groups is 1. The molecule has 0 unspecified atom stereocenters. The number of rotatable bonds is 4. The molecule has 3 aromatic heterocycles. The van der Waals surface area contributed by atoms with Crippen LogP contribution in [-0.2, 0) is 16.0 Å². The summed E-state index contributed by atoms with van der Waals surface area (Å²) < 4.78 is 7.88. The van der Waals surface area contributed by atoms with Gasteiger partial charge in [0.25, 0.3) is 0 Å². The Morgan fingerprint density at radius 3 is 2.91 bits per heavy atom. The molecule has 9 nitrogen and oxygen atoms in total. The van der Waals surface area contributed by atoms with Crippen LogP contribution < -0.4 is 5.32 Å². The zero-order valence-corrected chi connectivity index (χ0v) is 18.5. The highest BCUT2D eigenvalue weighted by Gasteiger charge is 2.27. The quantitative estimate of drug-likeness (QED) is 0.501. The number of nitrogens with one attached hydrogen (secondary N) is 1. The Bertz CT molecular complexity index is 1500. The monoisotopic (exact) mass is 451 g/mol. The van der Waals surface area contributed by atoms with Gasteiger partial charge >= 0.3 is 0 Å². The van der Waals surface area contributed by atoms with Crippen molar-refractivity contribution in [3.05, 3.63) is 59.8 Å². The van der Waals surface area contributed by atoms with Crippen LogP contribution >= 0.6 is 0 Å². The third-order valence-corrected chi connectivity index (χ3v) is 6.05. The van der Waals surface area contributed by atoms with Gasteiger partial charge in [-0.05, 0) is 50.1 Å². The van der Waals surface area contributed by atoms with E-state index in [1.54, 1.807) is 24.4 Å². The molecule has 1 amide bonds. The molecule has 0 saturated carbocycles. The van der Waals surface area contributed by atoms with E-state index in [1.165, 1.54) is 6.20 Å². The van der Waals surface area contributed by atoms with Crippen molar-refractivity contribution in [3.63, 3.8) is 0 Å². The summed E-state index contributed by atoms with van der Waals surface area (Å²) in [7, 11) is 0. The third kappa shape index (κ3) is 3.94. The van der Waals surface area contributed by atoms with E-state index in [1.807, 2.05) is 25.1 Å². The van der Waals surface area contributed by atoms with E-state index >= 15 is 0 Å². The number of carbonyl (C=O) groups excluding carboxylic acids is 1. The van der Waals surface area contributed by atoms with Gasteiger partial charge in [-0.25, -0.2) is 9.97 Å². The molecule has 0 spiro atoms. The Morgan fingerprint density at radius 2 is 2.12 bits per heavy atom. The Morgan fingerprint density at radius 1 is 1.24 bits per heavy atom. The summed E-state index contributed by atoms with van der Waals surface area (Å²) in [5.74, 6) is 0.307. The molecule has 1 saturated heterocycles. The number of nitrogens with zero attached hydrogens (tertiary/aromatic N) is 6. The largest absolute Gasteiger partial charge is 0.378 e. The van der Waals surface area contributed by atoms with E-state index in [4.69, 9.17) is 9.72 Å². The first-order valence-electron chi connectivity index (χ1n) is 11.0. The van der Waals surface area contributed by atoms with E-state index in [0.717, 1.165) is 29.3 Å². The predicted molar refractivity (Wildman–Crippen MR) is 125 cm³/mol. The topological polar surface area (TPSA) is 130 Å². The minimum atomic E-state index is -0.295. The van der Waals surface area contributed by atoms with Crippen LogP contribution in [0.5, 0.6) is 0 Å². The van der Waals surface area contributed by atoms with Crippen molar-refractivity contribution in [2.24, 2.45) is 0 Å². The van der Waals surface area contributed by atoms with E-state index in [0.29, 0.717) is 29.2 Å². The number of pyridine rings is 2. The van der Waals surface area contributed by atoms with E-state index in [2.05, 4.69) is 25.9 Å². The molecule has 4 aromatic rings. The highest BCUT2D eigenvalue weighted by atomic mass is 16.5. The van der Waals surface area contributed by atoms with Gasteiger partial charge in [-0.3, -0.25) is 9.78 Å². The van der Waals surface area contributed by atoms with Gasteiger partial charge in [0.1, 0.15) is 17.4 Å². The van der Waals surface area contributed by atoms with Gasteiger partial charge in [-0.1, -0.05) is 0 Å². The van der Waals surface area contributed by atoms with Crippen LogP contribution in [0.25, 0.3) is 21.9 Å². The maximum Gasteiger partial charge on any atom is 0.232 e. The summed E-state index contributed by atoms with van der Waals surface area (Å²) in [6.45, 7) is 2.65. The number of imidazole rings is 1. The van der Waals surface area contributed by atoms with Crippen molar-refractivity contribution in [3.8, 4) is 12.1 Å². The van der Waals surface area contributed by atoms with Gasteiger partial charge in [0.15, 0.2) is 5.69 Å². The smallest absolute Gasteiger partial charge is 0.232 e. The van der Waals surface area contributed by atoms with Gasteiger partial charge in [0.2, 0.25) is 5.91 Å². The van der Waals surface area contributed by atoms with Crippen molar-refractivity contribution in [1.82, 2.24) is 19.5 Å². The van der Waals surface area contributed by atoms with Crippen LogP contribution in [0.2, 0.25) is 0 Å². The molecule has 0 radical (unpaired) electrons. The van der Waals surface area contributed by atoms with E-state index < -0.39 is 0 Å². The van der Waals surface area contributed by atoms with Crippen molar-refractivity contribution in [1.29, 1.82) is 10.5 Å². The molecule has 1 aromatic carbocycles. The van der Waals surface area contributed by atoms with Gasteiger partial charge in [-0.2, -0.15) is 10.5 Å². The van der Waals surface area contributed by atoms with Crippen LogP contribution in [0.3, 0.4) is 0 Å². The number of hydrogen-bond acceptors (Lipinski definition) is 7. The van der Waals surface area contributed by atoms with Gasteiger partial charge in [0.05, 0.1) is 47.1 Å². The molecule has 0 bridgehead atoms. The second-order valence-electron chi connectivity index (χ2n) is 8.33. The van der Waals surface area contributed by atoms with Crippen molar-refractivity contribution >= 4 is 33.5 Å². The number of amides is 1. The number of aromatic nitrogens is 4. The van der Waals surface area contributed by atoms with Crippen molar-refractivity contribution < 1.29 is 9.53 Å². The fourth-order valence-electron chi connectivity index (χ4n) is 4.55. The minimum absolute atomic E-state index is 0.0135. The van der Waals surface area contributed by atoms with Crippen molar-refractivity contribution in [2.45, 2.75) is 38.3 Å². The average molecular weight is 451 g/mol. The summed E-state index contributed by atoms with van der Waals surface area (Å²) >= 11 is 0. The lowest BCUT2D eigenvalue weighted by Gasteiger charge is -2.30. The fraction of sp³-hybridized carbons (Fsp3) is 0.280. The number of hydrogen-bond donors (Lipinski definition) is 1. The average Bonchev–Trinajstić information content (AvgIpc) is 3.22. The molecule has 168 valence electrons. The lowest BCUT2D eigenvalue weighted by molar-refractivity contribution is -0.115. The molecule has 1 aliphatic rings.